The lowest BCUT2D eigenvalue weighted by molar-refractivity contribution is -0.696. The van der Waals surface area contributed by atoms with Crippen LogP contribution in [-0.4, -0.2) is 23.3 Å². The Morgan fingerprint density at radius 3 is 2.73 bits per heavy atom. The van der Waals surface area contributed by atoms with E-state index in [1.54, 1.807) is 10.8 Å². The van der Waals surface area contributed by atoms with E-state index in [0.717, 1.165) is 0 Å². The van der Waals surface area contributed by atoms with E-state index in [4.69, 9.17) is 0 Å². The number of aromatic nitrogens is 2. The van der Waals surface area contributed by atoms with Gasteiger partial charge >= 0.3 is 0 Å². The average molecular weight is 230 g/mol. The summed E-state index contributed by atoms with van der Waals surface area (Å²) >= 11 is 0. The minimum Gasteiger partial charge on any atom is -0.748 e. The SMILES string of the molecule is C=Cn1cc[n+](CCCCS(=O)(=O)[O-])c1. The molecule has 1 heterocycles. The van der Waals surface area contributed by atoms with Crippen molar-refractivity contribution in [2.24, 2.45) is 0 Å². The second kappa shape index (κ2) is 5.09. The molecule has 5 nitrogen and oxygen atoms in total. The Kier molecular flexibility index (Phi) is 4.05. The van der Waals surface area contributed by atoms with Gasteiger partial charge in [0, 0.05) is 5.75 Å². The van der Waals surface area contributed by atoms with Gasteiger partial charge in [0.15, 0.2) is 0 Å². The van der Waals surface area contributed by atoms with Gasteiger partial charge in [-0.05, 0) is 12.8 Å². The molecule has 0 aliphatic heterocycles. The summed E-state index contributed by atoms with van der Waals surface area (Å²) in [5.41, 5.74) is 0. The van der Waals surface area contributed by atoms with Gasteiger partial charge in [-0.25, -0.2) is 17.6 Å². The zero-order valence-corrected chi connectivity index (χ0v) is 9.19. The molecule has 0 fully saturated rings. The number of hydrogen-bond donors (Lipinski definition) is 0. The highest BCUT2D eigenvalue weighted by Crippen LogP contribution is 1.94. The third-order valence-corrected chi connectivity index (χ3v) is 2.77. The average Bonchev–Trinajstić information content (AvgIpc) is 2.59. The number of aryl methyl sites for hydroxylation is 1. The van der Waals surface area contributed by atoms with Crippen LogP contribution in [0.2, 0.25) is 0 Å². The second-order valence-electron chi connectivity index (χ2n) is 3.25. The number of imidazole rings is 1. The van der Waals surface area contributed by atoms with E-state index < -0.39 is 10.1 Å². The summed E-state index contributed by atoms with van der Waals surface area (Å²) in [6.07, 6.45) is 8.30. The molecule has 15 heavy (non-hydrogen) atoms. The van der Waals surface area contributed by atoms with Gasteiger partial charge in [0.05, 0.1) is 22.9 Å². The summed E-state index contributed by atoms with van der Waals surface area (Å²) < 4.78 is 34.7. The van der Waals surface area contributed by atoms with Crippen LogP contribution in [0.4, 0.5) is 0 Å². The molecule has 0 aromatic carbocycles. The molecule has 1 rings (SSSR count). The van der Waals surface area contributed by atoms with Crippen molar-refractivity contribution in [2.75, 3.05) is 5.75 Å². The predicted molar refractivity (Wildman–Crippen MR) is 54.8 cm³/mol. The van der Waals surface area contributed by atoms with Gasteiger partial charge in [0.1, 0.15) is 12.4 Å². The lowest BCUT2D eigenvalue weighted by Gasteiger charge is -2.04. The van der Waals surface area contributed by atoms with E-state index >= 15 is 0 Å². The molecule has 0 N–H and O–H groups in total. The number of hydrogen-bond acceptors (Lipinski definition) is 3. The summed E-state index contributed by atoms with van der Waals surface area (Å²) in [5, 5.41) is 0. The van der Waals surface area contributed by atoms with Gasteiger partial charge in [0.2, 0.25) is 6.33 Å². The van der Waals surface area contributed by atoms with Crippen molar-refractivity contribution in [3.05, 3.63) is 25.3 Å². The van der Waals surface area contributed by atoms with Crippen molar-refractivity contribution < 1.29 is 17.5 Å². The van der Waals surface area contributed by atoms with Gasteiger partial charge < -0.3 is 4.55 Å². The summed E-state index contributed by atoms with van der Waals surface area (Å²) in [7, 11) is -4.06. The molecule has 0 unspecified atom stereocenters. The molecular weight excluding hydrogens is 216 g/mol. The zero-order valence-electron chi connectivity index (χ0n) is 8.37. The quantitative estimate of drug-likeness (QED) is 0.398. The van der Waals surface area contributed by atoms with Crippen LogP contribution in [0.1, 0.15) is 12.8 Å². The van der Waals surface area contributed by atoms with Crippen LogP contribution < -0.4 is 4.57 Å². The van der Waals surface area contributed by atoms with Crippen molar-refractivity contribution in [3.8, 4) is 0 Å². The van der Waals surface area contributed by atoms with Crippen molar-refractivity contribution in [3.63, 3.8) is 0 Å². The Morgan fingerprint density at radius 2 is 2.20 bits per heavy atom. The van der Waals surface area contributed by atoms with E-state index in [9.17, 15) is 13.0 Å². The molecule has 1 aromatic rings. The van der Waals surface area contributed by atoms with Crippen molar-refractivity contribution >= 4 is 16.3 Å². The monoisotopic (exact) mass is 230 g/mol. The minimum atomic E-state index is -4.06. The van der Waals surface area contributed by atoms with Crippen LogP contribution >= 0.6 is 0 Å². The van der Waals surface area contributed by atoms with Crippen LogP contribution in [0.5, 0.6) is 0 Å². The topological polar surface area (TPSA) is 66.0 Å². The molecule has 0 amide bonds. The maximum Gasteiger partial charge on any atom is 0.248 e. The molecule has 0 bridgehead atoms. The Hall–Kier alpha value is -1.14. The summed E-state index contributed by atoms with van der Waals surface area (Å²) in [6.45, 7) is 4.31. The maximum absolute atomic E-state index is 10.3. The van der Waals surface area contributed by atoms with Gasteiger partial charge in [-0.2, -0.15) is 0 Å². The Balaban J connectivity index is 2.29. The standard InChI is InChI=1S/C9H14N2O3S/c1-2-10-6-7-11(9-10)5-3-4-8-15(12,13)14/h2,6-7,9H,1,3-5,8H2. The summed E-state index contributed by atoms with van der Waals surface area (Å²) in [6, 6.07) is 0. The van der Waals surface area contributed by atoms with E-state index in [2.05, 4.69) is 6.58 Å². The Bertz CT molecular complexity index is 422. The third-order valence-electron chi connectivity index (χ3n) is 1.98. The fourth-order valence-corrected chi connectivity index (χ4v) is 1.78. The van der Waals surface area contributed by atoms with Crippen LogP contribution in [-0.2, 0) is 16.7 Å². The van der Waals surface area contributed by atoms with Gasteiger partial charge in [0.25, 0.3) is 0 Å². The van der Waals surface area contributed by atoms with Gasteiger partial charge in [-0.3, -0.25) is 0 Å². The van der Waals surface area contributed by atoms with Crippen molar-refractivity contribution in [1.29, 1.82) is 0 Å². The third kappa shape index (κ3) is 4.75. The van der Waals surface area contributed by atoms with Crippen molar-refractivity contribution in [2.45, 2.75) is 19.4 Å². The molecule has 0 aliphatic rings. The van der Waals surface area contributed by atoms with E-state index in [1.807, 2.05) is 23.3 Å². The van der Waals surface area contributed by atoms with Gasteiger partial charge in [-0.15, -0.1) is 0 Å². The first-order chi connectivity index (χ1) is 7.01. The first-order valence-electron chi connectivity index (χ1n) is 4.64. The molecule has 0 radical (unpaired) electrons. The van der Waals surface area contributed by atoms with E-state index in [-0.39, 0.29) is 5.75 Å². The smallest absolute Gasteiger partial charge is 0.248 e. The van der Waals surface area contributed by atoms with Crippen molar-refractivity contribution in [1.82, 2.24) is 4.57 Å². The molecule has 0 aliphatic carbocycles. The van der Waals surface area contributed by atoms with Crippen LogP contribution in [0.15, 0.2) is 25.3 Å². The van der Waals surface area contributed by atoms with Crippen LogP contribution in [0.25, 0.3) is 6.20 Å². The lowest BCUT2D eigenvalue weighted by atomic mass is 10.3. The highest BCUT2D eigenvalue weighted by atomic mass is 32.2. The molecule has 0 atom stereocenters. The molecule has 0 saturated carbocycles. The normalized spacial score (nSPS) is 11.5. The van der Waals surface area contributed by atoms with Crippen LogP contribution in [0, 0.1) is 0 Å². The summed E-state index contributed by atoms with van der Waals surface area (Å²) in [5.74, 6) is -0.282. The highest BCUT2D eigenvalue weighted by Gasteiger charge is 2.01. The first kappa shape index (κ1) is 11.9. The molecule has 84 valence electrons. The van der Waals surface area contributed by atoms with E-state index in [0.29, 0.717) is 19.4 Å². The fourth-order valence-electron chi connectivity index (χ4n) is 1.22. The molecule has 0 saturated heterocycles. The Labute approximate surface area is 89.4 Å². The zero-order chi connectivity index (χ0) is 11.3. The largest absolute Gasteiger partial charge is 0.748 e. The molecule has 0 spiro atoms. The highest BCUT2D eigenvalue weighted by molar-refractivity contribution is 7.85. The number of rotatable bonds is 6. The molecule has 1 aromatic heterocycles. The predicted octanol–water partition coefficient (Wildman–Crippen LogP) is 0.202. The van der Waals surface area contributed by atoms with Gasteiger partial charge in [-0.1, -0.05) is 6.58 Å². The second-order valence-corrected chi connectivity index (χ2v) is 4.77. The van der Waals surface area contributed by atoms with E-state index in [1.165, 1.54) is 0 Å². The van der Waals surface area contributed by atoms with Crippen LogP contribution in [0.3, 0.4) is 0 Å². The minimum absolute atomic E-state index is 0.282. The summed E-state index contributed by atoms with van der Waals surface area (Å²) in [4.78, 5) is 0. The molecule has 6 heteroatoms. The number of unbranched alkanes of at least 4 members (excludes halogenated alkanes) is 1. The first-order valence-corrected chi connectivity index (χ1v) is 6.21. The number of nitrogens with zero attached hydrogens (tertiary/aromatic N) is 2. The lowest BCUT2D eigenvalue weighted by Crippen LogP contribution is -2.30. The maximum atomic E-state index is 10.3. The Morgan fingerprint density at radius 1 is 1.47 bits per heavy atom. The molecular formula is C9H14N2O3S. The fraction of sp³-hybridized carbons (Fsp3) is 0.444.